The molecule has 5 heavy (non-hydrogen) atoms. The van der Waals surface area contributed by atoms with Crippen LogP contribution in [-0.2, 0) is 60.5 Å². The van der Waals surface area contributed by atoms with Crippen molar-refractivity contribution in [2.75, 3.05) is 0 Å². The van der Waals surface area contributed by atoms with Gasteiger partial charge in [0, 0.05) is 86.7 Å². The van der Waals surface area contributed by atoms with E-state index in [9.17, 15) is 0 Å². The van der Waals surface area contributed by atoms with Gasteiger partial charge in [0.15, 0.2) is 0 Å². The molecule has 4 radical (unpaired) electrons. The average molecular weight is 487 g/mol. The second-order valence-electron chi connectivity index (χ2n) is 0. The number of hydrogen-bond acceptors (Lipinski definition) is 0. The summed E-state index contributed by atoms with van der Waals surface area (Å²) in [4.78, 5) is 0. The topological polar surface area (TPSA) is 31.5 Å². The summed E-state index contributed by atoms with van der Waals surface area (Å²) in [5.74, 6) is 0. The van der Waals surface area contributed by atoms with Crippen LogP contribution >= 0.6 is 0 Å². The van der Waals surface area contributed by atoms with E-state index in [0.29, 0.717) is 0 Å². The molecule has 0 saturated heterocycles. The van der Waals surface area contributed by atoms with Gasteiger partial charge in [-0.25, -0.2) is 0 Å². The molecule has 0 saturated carbocycles. The third-order valence-corrected chi connectivity index (χ3v) is 0. The van der Waals surface area contributed by atoms with E-state index < -0.39 is 0 Å². The largest absolute Gasteiger partial charge is 0.412 e. The summed E-state index contributed by atoms with van der Waals surface area (Å²) in [6.45, 7) is 0. The molecule has 38 valence electrons. The molecule has 0 spiro atoms. The van der Waals surface area contributed by atoms with Gasteiger partial charge in [-0.3, -0.25) is 0 Å². The first kappa shape index (κ1) is 46.1. The summed E-state index contributed by atoms with van der Waals surface area (Å²) in [7, 11) is 0. The minimum Gasteiger partial charge on any atom is -0.412 e. The van der Waals surface area contributed by atoms with E-state index in [1.165, 1.54) is 0 Å². The van der Waals surface area contributed by atoms with Gasteiger partial charge in [0.2, 0.25) is 0 Å². The molecule has 0 unspecified atom stereocenters. The predicted molar refractivity (Wildman–Crippen MR) is 9.37 cm³/mol. The van der Waals surface area contributed by atoms with Crippen molar-refractivity contribution in [1.29, 1.82) is 0 Å². The number of rotatable bonds is 0. The molecule has 5 heteroatoms. The normalized spacial score (nSPS) is 0. The standard InChI is InChI=1S/Ag.Bi.Fe.Mo.H2O/h;;;;1H2. The first-order chi connectivity index (χ1) is 0. The molecular formula is H2AgBiFeMoO. The van der Waals surface area contributed by atoms with Crippen LogP contribution < -0.4 is 0 Å². The van der Waals surface area contributed by atoms with Gasteiger partial charge < -0.3 is 5.48 Å². The van der Waals surface area contributed by atoms with Crippen LogP contribution in [0.2, 0.25) is 0 Å². The number of hydrogen-bond donors (Lipinski definition) is 0. The zero-order valence-electron chi connectivity index (χ0n) is 2.01. The fourth-order valence-corrected chi connectivity index (χ4v) is 0. The molecule has 0 aliphatic heterocycles. The van der Waals surface area contributed by atoms with Gasteiger partial charge in [-0.15, -0.1) is 0 Å². The molecular weight excluding hydrogens is 485 g/mol. The maximum atomic E-state index is 0. The fourth-order valence-electron chi connectivity index (χ4n) is 0. The van der Waals surface area contributed by atoms with Gasteiger partial charge in [-0.05, 0) is 0 Å². The van der Waals surface area contributed by atoms with Gasteiger partial charge in [0.05, 0.1) is 0 Å². The van der Waals surface area contributed by atoms with Crippen molar-refractivity contribution in [2.24, 2.45) is 0 Å². The molecule has 0 heterocycles. The van der Waals surface area contributed by atoms with Crippen molar-refractivity contribution in [3.63, 3.8) is 0 Å². The molecule has 0 aliphatic rings. The molecule has 0 rings (SSSR count). The van der Waals surface area contributed by atoms with Crippen molar-refractivity contribution in [3.05, 3.63) is 0 Å². The molecule has 0 fully saturated rings. The van der Waals surface area contributed by atoms with E-state index >= 15 is 0 Å². The van der Waals surface area contributed by atoms with Crippen LogP contribution in [-0.4, -0.2) is 31.7 Å². The summed E-state index contributed by atoms with van der Waals surface area (Å²) in [6, 6.07) is 0. The van der Waals surface area contributed by atoms with Crippen LogP contribution in [0.4, 0.5) is 0 Å². The minimum atomic E-state index is 0. The Morgan fingerprint density at radius 1 is 1.00 bits per heavy atom. The van der Waals surface area contributed by atoms with E-state index in [2.05, 4.69) is 0 Å². The zero-order chi connectivity index (χ0) is 0. The van der Waals surface area contributed by atoms with Crippen molar-refractivity contribution in [2.45, 2.75) is 0 Å². The Morgan fingerprint density at radius 3 is 1.00 bits per heavy atom. The zero-order valence-corrected chi connectivity index (χ0v) is 10.1. The van der Waals surface area contributed by atoms with E-state index in [1.807, 2.05) is 0 Å². The third kappa shape index (κ3) is 20.0. The second kappa shape index (κ2) is 29.2. The molecule has 0 bridgehead atoms. The van der Waals surface area contributed by atoms with Gasteiger partial charge in [-0.1, -0.05) is 0 Å². The quantitative estimate of drug-likeness (QED) is 0.385. The maximum Gasteiger partial charge on any atom is 0 e. The molecule has 0 atom stereocenters. The van der Waals surface area contributed by atoms with Crippen LogP contribution in [0.5, 0.6) is 0 Å². The molecule has 0 amide bonds. The van der Waals surface area contributed by atoms with Gasteiger partial charge in [0.1, 0.15) is 0 Å². The van der Waals surface area contributed by atoms with Crippen LogP contribution in [0.3, 0.4) is 0 Å². The van der Waals surface area contributed by atoms with E-state index in [0.717, 1.165) is 0 Å². The van der Waals surface area contributed by atoms with Gasteiger partial charge in [-0.2, -0.15) is 0 Å². The van der Waals surface area contributed by atoms with Crippen LogP contribution in [0, 0.1) is 0 Å². The third-order valence-electron chi connectivity index (χ3n) is 0. The minimum absolute atomic E-state index is 0. The first-order valence-corrected chi connectivity index (χ1v) is 0. The molecule has 0 aliphatic carbocycles. The monoisotopic (exact) mass is 488 g/mol. The summed E-state index contributed by atoms with van der Waals surface area (Å²) >= 11 is 0. The Bertz CT molecular complexity index is 11.6. The predicted octanol–water partition coefficient (Wildman–Crippen LogP) is -1.21. The van der Waals surface area contributed by atoms with Crippen LogP contribution in [0.25, 0.3) is 0 Å². The van der Waals surface area contributed by atoms with Crippen molar-refractivity contribution in [1.82, 2.24) is 0 Å². The summed E-state index contributed by atoms with van der Waals surface area (Å²) in [6.07, 6.45) is 0. The Kier molecular flexibility index (Phi) is 270. The summed E-state index contributed by atoms with van der Waals surface area (Å²) in [5, 5.41) is 0. The molecule has 1 nitrogen and oxygen atoms in total. The van der Waals surface area contributed by atoms with Crippen molar-refractivity contribution >= 4 is 26.2 Å². The Hall–Kier alpha value is 2.79. The first-order valence-electron chi connectivity index (χ1n) is 0. The van der Waals surface area contributed by atoms with Crippen molar-refractivity contribution < 1.29 is 66.0 Å². The Labute approximate surface area is 90.7 Å². The molecule has 0 aromatic carbocycles. The van der Waals surface area contributed by atoms with E-state index in [1.54, 1.807) is 0 Å². The average Bonchev–Trinajstić information content (AvgIpc) is 0. The SMILES string of the molecule is O.[Ag].[Bi].[Fe].[Mo]. The van der Waals surface area contributed by atoms with Crippen LogP contribution in [0.15, 0.2) is 0 Å². The second-order valence-corrected chi connectivity index (χ2v) is 0. The van der Waals surface area contributed by atoms with E-state index in [4.69, 9.17) is 0 Å². The molecule has 0 aromatic heterocycles. The maximum absolute atomic E-state index is 0. The fraction of sp³-hybridized carbons (Fsp3) is 0. The summed E-state index contributed by atoms with van der Waals surface area (Å²) in [5.41, 5.74) is 0. The smallest absolute Gasteiger partial charge is 0 e. The van der Waals surface area contributed by atoms with Crippen LogP contribution in [0.1, 0.15) is 0 Å². The van der Waals surface area contributed by atoms with E-state index in [-0.39, 0.29) is 92.2 Å². The van der Waals surface area contributed by atoms with Gasteiger partial charge in [0.25, 0.3) is 0 Å². The summed E-state index contributed by atoms with van der Waals surface area (Å²) < 4.78 is 0. The molecule has 2 N–H and O–H groups in total. The Morgan fingerprint density at radius 2 is 1.00 bits per heavy atom. The van der Waals surface area contributed by atoms with Gasteiger partial charge >= 0.3 is 0 Å². The van der Waals surface area contributed by atoms with Crippen molar-refractivity contribution in [3.8, 4) is 0 Å². The molecule has 0 aromatic rings. The Balaban J connectivity index is 0.